The first kappa shape index (κ1) is 10.9. The SMILES string of the molecule is Cc1ccc(C(C)C(F)(F)F)cc1O. The summed E-state index contributed by atoms with van der Waals surface area (Å²) in [5, 5.41) is 9.25. The highest BCUT2D eigenvalue weighted by Gasteiger charge is 2.37. The Labute approximate surface area is 80.2 Å². The van der Waals surface area contributed by atoms with Crippen LogP contribution in [-0.4, -0.2) is 11.3 Å². The van der Waals surface area contributed by atoms with Crippen LogP contribution in [0.5, 0.6) is 5.75 Å². The van der Waals surface area contributed by atoms with Gasteiger partial charge in [0, 0.05) is 0 Å². The fourth-order valence-electron chi connectivity index (χ4n) is 1.08. The van der Waals surface area contributed by atoms with Crippen LogP contribution < -0.4 is 0 Å². The van der Waals surface area contributed by atoms with E-state index in [0.29, 0.717) is 5.56 Å². The Kier molecular flexibility index (Phi) is 2.73. The predicted octanol–water partition coefficient (Wildman–Crippen LogP) is 3.37. The fraction of sp³-hybridized carbons (Fsp3) is 0.400. The second-order valence-electron chi connectivity index (χ2n) is 3.31. The summed E-state index contributed by atoms with van der Waals surface area (Å²) in [6, 6.07) is 4.02. The third-order valence-electron chi connectivity index (χ3n) is 2.22. The van der Waals surface area contributed by atoms with Gasteiger partial charge >= 0.3 is 6.18 Å². The van der Waals surface area contributed by atoms with Crippen molar-refractivity contribution < 1.29 is 18.3 Å². The van der Waals surface area contributed by atoms with Gasteiger partial charge in [0.2, 0.25) is 0 Å². The van der Waals surface area contributed by atoms with E-state index in [9.17, 15) is 18.3 Å². The van der Waals surface area contributed by atoms with Gasteiger partial charge in [0.1, 0.15) is 5.75 Å². The van der Waals surface area contributed by atoms with E-state index in [1.165, 1.54) is 12.1 Å². The van der Waals surface area contributed by atoms with Crippen LogP contribution in [0.15, 0.2) is 18.2 Å². The van der Waals surface area contributed by atoms with Crippen molar-refractivity contribution in [3.05, 3.63) is 29.3 Å². The Morgan fingerprint density at radius 2 is 1.86 bits per heavy atom. The van der Waals surface area contributed by atoms with E-state index in [0.717, 1.165) is 13.0 Å². The van der Waals surface area contributed by atoms with Crippen LogP contribution in [0.2, 0.25) is 0 Å². The van der Waals surface area contributed by atoms with E-state index in [1.54, 1.807) is 6.92 Å². The van der Waals surface area contributed by atoms with Gasteiger partial charge in [-0.3, -0.25) is 0 Å². The van der Waals surface area contributed by atoms with Gasteiger partial charge in [-0.15, -0.1) is 0 Å². The lowest BCUT2D eigenvalue weighted by Gasteiger charge is -2.16. The van der Waals surface area contributed by atoms with Gasteiger partial charge in [0.25, 0.3) is 0 Å². The van der Waals surface area contributed by atoms with Crippen LogP contribution in [0, 0.1) is 6.92 Å². The largest absolute Gasteiger partial charge is 0.508 e. The van der Waals surface area contributed by atoms with Crippen molar-refractivity contribution in [2.75, 3.05) is 0 Å². The van der Waals surface area contributed by atoms with Crippen LogP contribution in [0.3, 0.4) is 0 Å². The van der Waals surface area contributed by atoms with E-state index < -0.39 is 12.1 Å². The monoisotopic (exact) mass is 204 g/mol. The summed E-state index contributed by atoms with van der Waals surface area (Å²) in [4.78, 5) is 0. The van der Waals surface area contributed by atoms with Crippen molar-refractivity contribution >= 4 is 0 Å². The molecule has 0 aliphatic rings. The lowest BCUT2D eigenvalue weighted by Crippen LogP contribution is -2.17. The number of hydrogen-bond donors (Lipinski definition) is 1. The number of rotatable bonds is 1. The number of hydrogen-bond acceptors (Lipinski definition) is 1. The number of alkyl halides is 3. The molecule has 0 bridgehead atoms. The first-order valence-electron chi connectivity index (χ1n) is 4.18. The van der Waals surface area contributed by atoms with Crippen LogP contribution in [-0.2, 0) is 0 Å². The number of phenols is 1. The highest BCUT2D eigenvalue weighted by atomic mass is 19.4. The van der Waals surface area contributed by atoms with Crippen molar-refractivity contribution in [2.24, 2.45) is 0 Å². The zero-order valence-electron chi connectivity index (χ0n) is 7.89. The minimum absolute atomic E-state index is 0.0839. The molecule has 4 heteroatoms. The maximum absolute atomic E-state index is 12.3. The Balaban J connectivity index is 3.03. The van der Waals surface area contributed by atoms with Crippen LogP contribution in [0.4, 0.5) is 13.2 Å². The van der Waals surface area contributed by atoms with Gasteiger partial charge in [0.15, 0.2) is 0 Å². The van der Waals surface area contributed by atoms with Crippen molar-refractivity contribution in [3.8, 4) is 5.75 Å². The van der Waals surface area contributed by atoms with Gasteiger partial charge in [-0.2, -0.15) is 13.2 Å². The molecule has 1 aromatic carbocycles. The summed E-state index contributed by atoms with van der Waals surface area (Å²) in [6.07, 6.45) is -4.26. The quantitative estimate of drug-likeness (QED) is 0.743. The van der Waals surface area contributed by atoms with E-state index >= 15 is 0 Å². The Hall–Kier alpha value is -1.19. The zero-order valence-corrected chi connectivity index (χ0v) is 7.89. The third-order valence-corrected chi connectivity index (χ3v) is 2.22. The number of aryl methyl sites for hydroxylation is 1. The van der Waals surface area contributed by atoms with Crippen molar-refractivity contribution in [3.63, 3.8) is 0 Å². The second-order valence-corrected chi connectivity index (χ2v) is 3.31. The smallest absolute Gasteiger partial charge is 0.395 e. The van der Waals surface area contributed by atoms with Crippen molar-refractivity contribution in [1.82, 2.24) is 0 Å². The molecule has 1 rings (SSSR count). The molecule has 1 nitrogen and oxygen atoms in total. The Bertz CT molecular complexity index is 331. The third kappa shape index (κ3) is 2.19. The molecule has 0 spiro atoms. The first-order valence-corrected chi connectivity index (χ1v) is 4.18. The molecule has 14 heavy (non-hydrogen) atoms. The average molecular weight is 204 g/mol. The molecule has 0 saturated carbocycles. The predicted molar refractivity (Wildman–Crippen MR) is 47.3 cm³/mol. The molecule has 0 aliphatic heterocycles. The van der Waals surface area contributed by atoms with E-state index in [4.69, 9.17) is 0 Å². The van der Waals surface area contributed by atoms with Gasteiger partial charge in [0.05, 0.1) is 5.92 Å². The fourth-order valence-corrected chi connectivity index (χ4v) is 1.08. The normalized spacial score (nSPS) is 14.1. The Morgan fingerprint density at radius 1 is 1.29 bits per heavy atom. The van der Waals surface area contributed by atoms with E-state index in [-0.39, 0.29) is 11.3 Å². The summed E-state index contributed by atoms with van der Waals surface area (Å²) in [5.74, 6) is -1.65. The molecule has 0 saturated heterocycles. The summed E-state index contributed by atoms with van der Waals surface area (Å²) >= 11 is 0. The molecule has 0 heterocycles. The minimum atomic E-state index is -4.26. The van der Waals surface area contributed by atoms with Crippen molar-refractivity contribution in [2.45, 2.75) is 25.9 Å². The van der Waals surface area contributed by atoms with Gasteiger partial charge < -0.3 is 5.11 Å². The number of benzene rings is 1. The average Bonchev–Trinajstić information content (AvgIpc) is 2.07. The highest BCUT2D eigenvalue weighted by molar-refractivity contribution is 5.37. The molecular weight excluding hydrogens is 193 g/mol. The van der Waals surface area contributed by atoms with Gasteiger partial charge in [-0.05, 0) is 31.0 Å². The topological polar surface area (TPSA) is 20.2 Å². The van der Waals surface area contributed by atoms with Gasteiger partial charge in [-0.25, -0.2) is 0 Å². The molecule has 1 atom stereocenters. The van der Waals surface area contributed by atoms with E-state index in [1.807, 2.05) is 0 Å². The first-order chi connectivity index (χ1) is 6.32. The lowest BCUT2D eigenvalue weighted by molar-refractivity contribution is -0.146. The molecule has 0 aliphatic carbocycles. The molecule has 1 aromatic rings. The molecular formula is C10H11F3O. The van der Waals surface area contributed by atoms with Crippen LogP contribution in [0.25, 0.3) is 0 Å². The zero-order chi connectivity index (χ0) is 10.9. The molecule has 1 N–H and O–H groups in total. The molecule has 1 unspecified atom stereocenters. The standard InChI is InChI=1S/C10H11F3O/c1-6-3-4-8(5-9(6)14)7(2)10(11,12)13/h3-5,7,14H,1-2H3. The maximum atomic E-state index is 12.3. The molecule has 0 radical (unpaired) electrons. The summed E-state index contributed by atoms with van der Waals surface area (Å²) in [6.45, 7) is 2.71. The summed E-state index contributed by atoms with van der Waals surface area (Å²) < 4.78 is 36.9. The molecule has 78 valence electrons. The Morgan fingerprint density at radius 3 is 2.29 bits per heavy atom. The molecule has 0 aromatic heterocycles. The maximum Gasteiger partial charge on any atom is 0.395 e. The number of phenolic OH excluding ortho intramolecular Hbond substituents is 1. The van der Waals surface area contributed by atoms with Gasteiger partial charge in [-0.1, -0.05) is 12.1 Å². The minimum Gasteiger partial charge on any atom is -0.508 e. The highest BCUT2D eigenvalue weighted by Crippen LogP contribution is 2.35. The van der Waals surface area contributed by atoms with Crippen LogP contribution in [0.1, 0.15) is 24.0 Å². The van der Waals surface area contributed by atoms with Crippen molar-refractivity contribution in [1.29, 1.82) is 0 Å². The number of halogens is 3. The molecule has 0 fully saturated rings. The van der Waals surface area contributed by atoms with Crippen LogP contribution >= 0.6 is 0 Å². The summed E-state index contributed by atoms with van der Waals surface area (Å²) in [7, 11) is 0. The number of aromatic hydroxyl groups is 1. The van der Waals surface area contributed by atoms with E-state index in [2.05, 4.69) is 0 Å². The summed E-state index contributed by atoms with van der Waals surface area (Å²) in [5.41, 5.74) is 0.656. The lowest BCUT2D eigenvalue weighted by atomic mass is 9.99. The second kappa shape index (κ2) is 3.52. The molecule has 0 amide bonds.